The largest absolute Gasteiger partial charge is 0.135 e. The molecule has 0 amide bonds. The van der Waals surface area contributed by atoms with Gasteiger partial charge in [-0.1, -0.05) is 182 Å². The standard InChI is InChI=1S/C56H32S/c1-2-10-33(11-3-1)37-27-28-44(40-13-5-4-12-39(37)40)45-24-19-35-20-25-47-38(23-18-34-21-26-48(45)54(35)53(34)47)36-22-31-52-51(32-36)50-30-29-49-43-16-7-6-14-41(43)42-15-8-9-17-46(42)55(49)56(50)57-52/h1-32H. The van der Waals surface area contributed by atoms with Gasteiger partial charge < -0.3 is 0 Å². The first kappa shape index (κ1) is 31.2. The molecule has 0 unspecified atom stereocenters. The highest BCUT2D eigenvalue weighted by molar-refractivity contribution is 7.26. The van der Waals surface area contributed by atoms with Gasteiger partial charge in [0.2, 0.25) is 0 Å². The lowest BCUT2D eigenvalue weighted by Crippen LogP contribution is -1.91. The summed E-state index contributed by atoms with van der Waals surface area (Å²) in [4.78, 5) is 0. The van der Waals surface area contributed by atoms with Crippen molar-refractivity contribution in [2.24, 2.45) is 0 Å². The Hall–Kier alpha value is -7.06. The number of hydrogen-bond donors (Lipinski definition) is 0. The third kappa shape index (κ3) is 4.38. The van der Waals surface area contributed by atoms with Gasteiger partial charge in [0, 0.05) is 25.6 Å². The third-order valence-corrected chi connectivity index (χ3v) is 13.8. The summed E-state index contributed by atoms with van der Waals surface area (Å²) < 4.78 is 2.69. The quantitative estimate of drug-likeness (QED) is 0.158. The monoisotopic (exact) mass is 736 g/mol. The van der Waals surface area contributed by atoms with Crippen LogP contribution in [0.5, 0.6) is 0 Å². The Balaban J connectivity index is 1.02. The first-order chi connectivity index (χ1) is 28.3. The Labute approximate surface area is 332 Å². The van der Waals surface area contributed by atoms with Gasteiger partial charge in [0.25, 0.3) is 0 Å². The van der Waals surface area contributed by atoms with E-state index in [4.69, 9.17) is 0 Å². The fraction of sp³-hybridized carbons (Fsp3) is 0. The molecule has 1 aromatic heterocycles. The zero-order valence-corrected chi connectivity index (χ0v) is 31.7. The van der Waals surface area contributed by atoms with E-state index in [-0.39, 0.29) is 0 Å². The van der Waals surface area contributed by atoms with Gasteiger partial charge in [-0.05, 0) is 116 Å². The number of rotatable bonds is 3. The number of hydrogen-bond acceptors (Lipinski definition) is 1. The van der Waals surface area contributed by atoms with Crippen LogP contribution in [0, 0.1) is 0 Å². The van der Waals surface area contributed by atoms with Gasteiger partial charge in [0.15, 0.2) is 0 Å². The van der Waals surface area contributed by atoms with Crippen LogP contribution in [0.2, 0.25) is 0 Å². The predicted molar refractivity (Wildman–Crippen MR) is 249 cm³/mol. The van der Waals surface area contributed by atoms with Crippen molar-refractivity contribution in [3.8, 4) is 33.4 Å². The maximum Gasteiger partial charge on any atom is 0.0440 e. The van der Waals surface area contributed by atoms with Gasteiger partial charge in [-0.15, -0.1) is 11.3 Å². The Morgan fingerprint density at radius 1 is 0.246 bits per heavy atom. The number of benzene rings is 12. The van der Waals surface area contributed by atoms with E-state index in [0.717, 1.165) is 0 Å². The fourth-order valence-electron chi connectivity index (χ4n) is 10.1. The molecular formula is C56H32S. The number of fused-ring (bicyclic) bond motifs is 11. The molecule has 0 spiro atoms. The van der Waals surface area contributed by atoms with E-state index in [1.54, 1.807) is 0 Å². The minimum Gasteiger partial charge on any atom is -0.135 e. The minimum atomic E-state index is 1.24. The SMILES string of the molecule is c1ccc(-c2ccc(-c3ccc4ccc5c(-c6ccc7sc8c(ccc9c%10ccccc%10c%10ccccc%10c98)c7c6)ccc6ccc3c4c65)c3ccccc23)cc1. The van der Waals surface area contributed by atoms with Crippen molar-refractivity contribution >= 4 is 107 Å². The average molecular weight is 737 g/mol. The predicted octanol–water partition coefficient (Wildman–Crippen LogP) is 16.6. The van der Waals surface area contributed by atoms with E-state index >= 15 is 0 Å². The molecule has 57 heavy (non-hydrogen) atoms. The second-order valence-corrected chi connectivity index (χ2v) is 16.5. The van der Waals surface area contributed by atoms with E-state index in [2.05, 4.69) is 194 Å². The van der Waals surface area contributed by atoms with Crippen LogP contribution in [0.1, 0.15) is 0 Å². The fourth-order valence-corrected chi connectivity index (χ4v) is 11.3. The zero-order chi connectivity index (χ0) is 37.2. The van der Waals surface area contributed by atoms with Crippen molar-refractivity contribution < 1.29 is 0 Å². The molecule has 13 aromatic rings. The van der Waals surface area contributed by atoms with Crippen LogP contribution in [-0.2, 0) is 0 Å². The smallest absolute Gasteiger partial charge is 0.0440 e. The number of thiophene rings is 1. The van der Waals surface area contributed by atoms with Crippen LogP contribution in [0.25, 0.3) is 129 Å². The Morgan fingerprint density at radius 2 is 0.702 bits per heavy atom. The van der Waals surface area contributed by atoms with Gasteiger partial charge in [-0.3, -0.25) is 0 Å². The molecule has 0 saturated heterocycles. The van der Waals surface area contributed by atoms with Crippen LogP contribution in [-0.4, -0.2) is 0 Å². The summed E-state index contributed by atoms with van der Waals surface area (Å²) in [5.41, 5.74) is 7.59. The molecule has 13 rings (SSSR count). The van der Waals surface area contributed by atoms with E-state index in [1.165, 1.54) is 129 Å². The highest BCUT2D eigenvalue weighted by Gasteiger charge is 2.19. The van der Waals surface area contributed by atoms with Crippen LogP contribution < -0.4 is 0 Å². The van der Waals surface area contributed by atoms with Crippen LogP contribution >= 0.6 is 11.3 Å². The second kappa shape index (κ2) is 11.7. The minimum absolute atomic E-state index is 1.24. The molecule has 0 bridgehead atoms. The van der Waals surface area contributed by atoms with E-state index in [0.29, 0.717) is 0 Å². The van der Waals surface area contributed by atoms with Gasteiger partial charge in [0.1, 0.15) is 0 Å². The highest BCUT2D eigenvalue weighted by atomic mass is 32.1. The summed E-state index contributed by atoms with van der Waals surface area (Å²) in [5, 5.41) is 21.0. The normalized spacial score (nSPS) is 12.2. The summed E-state index contributed by atoms with van der Waals surface area (Å²) >= 11 is 1.93. The zero-order valence-electron chi connectivity index (χ0n) is 30.9. The first-order valence-corrected chi connectivity index (χ1v) is 20.6. The molecule has 12 aromatic carbocycles. The lowest BCUT2D eigenvalue weighted by atomic mass is 9.85. The molecule has 1 heteroatoms. The first-order valence-electron chi connectivity index (χ1n) is 19.8. The summed E-state index contributed by atoms with van der Waals surface area (Å²) in [6.07, 6.45) is 0. The van der Waals surface area contributed by atoms with Crippen molar-refractivity contribution in [3.63, 3.8) is 0 Å². The molecule has 0 saturated carbocycles. The molecule has 0 atom stereocenters. The molecule has 0 aliphatic carbocycles. The second-order valence-electron chi connectivity index (χ2n) is 15.5. The summed E-state index contributed by atoms with van der Waals surface area (Å²) in [6, 6.07) is 72.6. The topological polar surface area (TPSA) is 0 Å². The van der Waals surface area contributed by atoms with Gasteiger partial charge in [-0.25, -0.2) is 0 Å². The molecular weight excluding hydrogens is 705 g/mol. The molecule has 0 aliphatic rings. The van der Waals surface area contributed by atoms with E-state index in [1.807, 2.05) is 11.3 Å². The van der Waals surface area contributed by atoms with Crippen molar-refractivity contribution in [3.05, 3.63) is 194 Å². The maximum atomic E-state index is 2.45. The summed E-state index contributed by atoms with van der Waals surface area (Å²) in [6.45, 7) is 0. The lowest BCUT2D eigenvalue weighted by molar-refractivity contribution is 1.64. The van der Waals surface area contributed by atoms with Crippen LogP contribution in [0.15, 0.2) is 194 Å². The summed E-state index contributed by atoms with van der Waals surface area (Å²) in [5.74, 6) is 0. The third-order valence-electron chi connectivity index (χ3n) is 12.6. The van der Waals surface area contributed by atoms with Gasteiger partial charge in [0.05, 0.1) is 0 Å². The molecule has 0 fully saturated rings. The Bertz CT molecular complexity index is 3760. The molecule has 262 valence electrons. The lowest BCUT2D eigenvalue weighted by Gasteiger charge is -2.18. The molecule has 0 radical (unpaired) electrons. The van der Waals surface area contributed by atoms with Crippen LogP contribution in [0.4, 0.5) is 0 Å². The van der Waals surface area contributed by atoms with Crippen molar-refractivity contribution in [1.82, 2.24) is 0 Å². The van der Waals surface area contributed by atoms with Crippen molar-refractivity contribution in [2.45, 2.75) is 0 Å². The van der Waals surface area contributed by atoms with Gasteiger partial charge in [-0.2, -0.15) is 0 Å². The van der Waals surface area contributed by atoms with Gasteiger partial charge >= 0.3 is 0 Å². The molecule has 0 N–H and O–H groups in total. The summed E-state index contributed by atoms with van der Waals surface area (Å²) in [7, 11) is 0. The molecule has 1 heterocycles. The molecule has 0 nitrogen and oxygen atoms in total. The average Bonchev–Trinajstić information content (AvgIpc) is 3.66. The Kier molecular flexibility index (Phi) is 6.41. The van der Waals surface area contributed by atoms with Crippen molar-refractivity contribution in [2.75, 3.05) is 0 Å². The molecule has 0 aliphatic heterocycles. The Morgan fingerprint density at radius 3 is 1.42 bits per heavy atom. The maximum absolute atomic E-state index is 2.45. The van der Waals surface area contributed by atoms with Crippen molar-refractivity contribution in [1.29, 1.82) is 0 Å². The van der Waals surface area contributed by atoms with Crippen LogP contribution in [0.3, 0.4) is 0 Å². The highest BCUT2D eigenvalue weighted by Crippen LogP contribution is 2.47. The van der Waals surface area contributed by atoms with E-state index in [9.17, 15) is 0 Å². The van der Waals surface area contributed by atoms with E-state index < -0.39 is 0 Å².